The molecule has 1 fully saturated rings. The summed E-state index contributed by atoms with van der Waals surface area (Å²) in [5.74, 6) is -0.934. The number of amides is 3. The maximum absolute atomic E-state index is 13.8. The number of nitrogens with one attached hydrogen (secondary N) is 2. The van der Waals surface area contributed by atoms with Crippen LogP contribution in [0.5, 0.6) is 5.75 Å². The van der Waals surface area contributed by atoms with Crippen LogP contribution in [0, 0.1) is 0 Å². The van der Waals surface area contributed by atoms with Crippen molar-refractivity contribution in [2.24, 2.45) is 5.16 Å². The number of alkyl carbamates (subject to hydrolysis) is 1. The van der Waals surface area contributed by atoms with E-state index in [0.29, 0.717) is 17.1 Å². The zero-order valence-electron chi connectivity index (χ0n) is 28.4. The average molecular weight is 759 g/mol. The Labute approximate surface area is 307 Å². The number of nitrogen functional groups attached to an aromatic ring is 1. The topological polar surface area (TPSA) is 188 Å². The molecule has 2 aliphatic rings. The van der Waals surface area contributed by atoms with Gasteiger partial charge < -0.3 is 35.4 Å². The Balaban J connectivity index is 1.34. The van der Waals surface area contributed by atoms with Crippen LogP contribution in [0.15, 0.2) is 65.2 Å². The first kappa shape index (κ1) is 37.4. The number of β-lactam (4-membered cyclic amide) rings is 1. The van der Waals surface area contributed by atoms with E-state index in [0.717, 1.165) is 22.5 Å². The molecule has 4 N–H and O–H groups in total. The van der Waals surface area contributed by atoms with Crippen LogP contribution in [0.25, 0.3) is 0 Å². The zero-order valence-corrected chi connectivity index (χ0v) is 30.8. The van der Waals surface area contributed by atoms with E-state index in [-0.39, 0.29) is 46.3 Å². The number of benzene rings is 1. The molecule has 1 saturated heterocycles. The van der Waals surface area contributed by atoms with Crippen molar-refractivity contribution >= 4 is 69.4 Å². The summed E-state index contributed by atoms with van der Waals surface area (Å²) >= 11 is 8.57. The van der Waals surface area contributed by atoms with E-state index in [1.165, 1.54) is 23.8 Å². The van der Waals surface area contributed by atoms with E-state index in [1.807, 2.05) is 29.1 Å². The van der Waals surface area contributed by atoms with Gasteiger partial charge in [-0.3, -0.25) is 14.5 Å². The van der Waals surface area contributed by atoms with Crippen LogP contribution in [-0.4, -0.2) is 76.5 Å². The molecule has 15 nitrogen and oxygen atoms in total. The second kappa shape index (κ2) is 16.0. The van der Waals surface area contributed by atoms with Crippen molar-refractivity contribution in [3.8, 4) is 5.75 Å². The second-order valence-corrected chi connectivity index (χ2v) is 15.0. The first-order chi connectivity index (χ1) is 24.3. The van der Waals surface area contributed by atoms with Gasteiger partial charge in [-0.25, -0.2) is 19.1 Å². The number of hydrogen-bond donors (Lipinski definition) is 3. The van der Waals surface area contributed by atoms with Crippen LogP contribution in [0.2, 0.25) is 4.34 Å². The van der Waals surface area contributed by atoms with Gasteiger partial charge in [0.2, 0.25) is 0 Å². The van der Waals surface area contributed by atoms with Crippen molar-refractivity contribution in [3.63, 3.8) is 0 Å². The number of nitrogens with zero attached hydrogens (tertiary/aromatic N) is 4. The molecule has 0 spiro atoms. The number of methoxy groups -OCH3 is 1. The third kappa shape index (κ3) is 9.08. The fourth-order valence-corrected chi connectivity index (χ4v) is 7.37. The number of fused-ring (bicyclic) bond motifs is 1. The van der Waals surface area contributed by atoms with Gasteiger partial charge in [0.25, 0.3) is 11.8 Å². The number of halogens is 1. The predicted molar refractivity (Wildman–Crippen MR) is 190 cm³/mol. The normalized spacial score (nSPS) is 17.3. The molecule has 1 aromatic carbocycles. The molecular formula is C33H37ClN7O8S2+. The SMILES string of the molecule is CO/N=C(\C(=O)N[C@@H]1C(=O)N2C(C(=O)OCc3ccc(OC)cc3)=C(C[n+]3ccc(CNC(=O)OC(C)(C)C)cc3)CS[C@H]12)c1nc(N)sc1Cl. The highest BCUT2D eigenvalue weighted by atomic mass is 35.5. The monoisotopic (exact) mass is 758 g/mol. The van der Waals surface area contributed by atoms with Crippen LogP contribution >= 0.6 is 34.7 Å². The van der Waals surface area contributed by atoms with Crippen molar-refractivity contribution < 1.29 is 42.8 Å². The summed E-state index contributed by atoms with van der Waals surface area (Å²) in [4.78, 5) is 63.1. The van der Waals surface area contributed by atoms with Crippen molar-refractivity contribution in [2.45, 2.75) is 57.5 Å². The van der Waals surface area contributed by atoms with Crippen LogP contribution < -0.4 is 25.7 Å². The number of carbonyl (C=O) groups excluding carboxylic acids is 4. The molecule has 0 bridgehead atoms. The third-order valence-corrected chi connectivity index (χ3v) is 9.87. The molecular weight excluding hydrogens is 722 g/mol. The molecule has 3 amide bonds. The van der Waals surface area contributed by atoms with Gasteiger partial charge in [0.1, 0.15) is 52.2 Å². The van der Waals surface area contributed by atoms with E-state index in [2.05, 4.69) is 20.8 Å². The first-order valence-electron chi connectivity index (χ1n) is 15.5. The fraction of sp³-hybridized carbons (Fsp3) is 0.364. The van der Waals surface area contributed by atoms with Crippen LogP contribution in [0.4, 0.5) is 9.93 Å². The number of pyridine rings is 1. The van der Waals surface area contributed by atoms with Gasteiger partial charge in [-0.05, 0) is 44.0 Å². The van der Waals surface area contributed by atoms with E-state index in [9.17, 15) is 19.2 Å². The van der Waals surface area contributed by atoms with Gasteiger partial charge in [-0.1, -0.05) is 40.2 Å². The quantitative estimate of drug-likeness (QED) is 0.0810. The Kier molecular flexibility index (Phi) is 11.7. The molecule has 51 heavy (non-hydrogen) atoms. The largest absolute Gasteiger partial charge is 0.497 e. The molecule has 3 aromatic rings. The minimum Gasteiger partial charge on any atom is -0.497 e. The lowest BCUT2D eigenvalue weighted by Gasteiger charge is -2.49. The lowest BCUT2D eigenvalue weighted by atomic mass is 10.0. The molecule has 0 radical (unpaired) electrons. The van der Waals surface area contributed by atoms with Crippen LogP contribution in [-0.2, 0) is 48.4 Å². The molecule has 0 saturated carbocycles. The molecule has 0 unspecified atom stereocenters. The van der Waals surface area contributed by atoms with E-state index in [1.54, 1.807) is 52.1 Å². The highest BCUT2D eigenvalue weighted by molar-refractivity contribution is 8.00. The number of thiazole rings is 1. The molecule has 18 heteroatoms. The number of anilines is 1. The number of thioether (sulfide) groups is 1. The number of nitrogens with two attached hydrogens (primary N) is 1. The highest BCUT2D eigenvalue weighted by Crippen LogP contribution is 2.41. The molecule has 2 atom stereocenters. The van der Waals surface area contributed by atoms with Crippen LogP contribution in [0.1, 0.15) is 37.6 Å². The number of ether oxygens (including phenoxy) is 3. The minimum atomic E-state index is -0.991. The summed E-state index contributed by atoms with van der Waals surface area (Å²) in [7, 11) is 2.81. The van der Waals surface area contributed by atoms with Crippen molar-refractivity contribution in [1.82, 2.24) is 20.5 Å². The van der Waals surface area contributed by atoms with Crippen molar-refractivity contribution in [1.29, 1.82) is 0 Å². The van der Waals surface area contributed by atoms with Gasteiger partial charge in [0, 0.05) is 30.0 Å². The molecule has 270 valence electrons. The lowest BCUT2D eigenvalue weighted by molar-refractivity contribution is -0.689. The smallest absolute Gasteiger partial charge is 0.407 e. The Morgan fingerprint density at radius 3 is 2.43 bits per heavy atom. The number of hydrogen-bond acceptors (Lipinski definition) is 13. The first-order valence-corrected chi connectivity index (χ1v) is 17.8. The van der Waals surface area contributed by atoms with Gasteiger partial charge in [0.15, 0.2) is 29.8 Å². The van der Waals surface area contributed by atoms with Gasteiger partial charge in [0.05, 0.1) is 7.11 Å². The Bertz CT molecular complexity index is 1860. The summed E-state index contributed by atoms with van der Waals surface area (Å²) in [5.41, 5.74) is 7.21. The summed E-state index contributed by atoms with van der Waals surface area (Å²) in [6.45, 7) is 5.85. The Hall–Kier alpha value is -4.87. The lowest BCUT2D eigenvalue weighted by Crippen LogP contribution is -2.71. The number of esters is 1. The van der Waals surface area contributed by atoms with Crippen molar-refractivity contribution in [2.75, 3.05) is 25.7 Å². The van der Waals surface area contributed by atoms with Crippen molar-refractivity contribution in [3.05, 3.63) is 81.2 Å². The molecule has 2 aliphatic heterocycles. The zero-order chi connectivity index (χ0) is 36.9. The van der Waals surface area contributed by atoms with Crippen LogP contribution in [0.3, 0.4) is 0 Å². The van der Waals surface area contributed by atoms with E-state index < -0.39 is 40.9 Å². The second-order valence-electron chi connectivity index (χ2n) is 12.3. The van der Waals surface area contributed by atoms with Gasteiger partial charge >= 0.3 is 12.1 Å². The maximum atomic E-state index is 13.8. The average Bonchev–Trinajstić information content (AvgIpc) is 3.43. The molecule has 5 rings (SSSR count). The third-order valence-electron chi connectivity index (χ3n) is 7.45. The standard InChI is InChI=1S/C33H36ClN7O8S2/c1-33(2,3)49-32(45)36-14-18-10-12-40(13-11-18)15-20-17-50-29-24(37-27(42)23(39-47-5)22-26(34)51-31(35)38-22)28(43)41(29)25(20)30(44)48-16-19-6-8-21(46-4)9-7-19/h6-13,24,29H,14-17H2,1-5H3,(H3-,35,36,37,38,42,45)/p+1/b39-23-/t24-,29-/m1/s1. The number of rotatable bonds is 12. The molecule has 4 heterocycles. The molecule has 0 aliphatic carbocycles. The summed E-state index contributed by atoms with van der Waals surface area (Å²) < 4.78 is 18.2. The minimum absolute atomic E-state index is 0.0205. The van der Waals surface area contributed by atoms with E-state index >= 15 is 0 Å². The van der Waals surface area contributed by atoms with E-state index in [4.69, 9.17) is 36.4 Å². The highest BCUT2D eigenvalue weighted by Gasteiger charge is 2.55. The predicted octanol–water partition coefficient (Wildman–Crippen LogP) is 3.15. The summed E-state index contributed by atoms with van der Waals surface area (Å²) in [6, 6.07) is 9.74. The Morgan fingerprint density at radius 2 is 1.82 bits per heavy atom. The fourth-order valence-electron chi connectivity index (χ4n) is 5.11. The number of aromatic nitrogens is 2. The number of carbonyl (C=O) groups is 4. The summed E-state index contributed by atoms with van der Waals surface area (Å²) in [6.07, 6.45) is 3.09. The summed E-state index contributed by atoms with van der Waals surface area (Å²) in [5, 5.41) is 8.70. The van der Waals surface area contributed by atoms with Gasteiger partial charge in [-0.2, -0.15) is 0 Å². The van der Waals surface area contributed by atoms with Gasteiger partial charge in [-0.15, -0.1) is 11.8 Å². The molecule has 2 aromatic heterocycles. The Morgan fingerprint density at radius 1 is 1.12 bits per heavy atom. The number of oxime groups is 1. The maximum Gasteiger partial charge on any atom is 0.407 e.